The fourth-order valence-electron chi connectivity index (χ4n) is 0.580. The minimum Gasteiger partial charge on any atom is -0.308 e. The van der Waals surface area contributed by atoms with Crippen LogP contribution in [-0.4, -0.2) is 43.9 Å². The molecule has 0 spiro atoms. The lowest BCUT2D eigenvalue weighted by molar-refractivity contribution is -0.493. The summed E-state index contributed by atoms with van der Waals surface area (Å²) in [6.45, 7) is 2.09. The third-order valence-electron chi connectivity index (χ3n) is 1.18. The molecule has 5 heteroatoms. The van der Waals surface area contributed by atoms with Crippen LogP contribution in [0.3, 0.4) is 0 Å². The molecule has 0 radical (unpaired) electrons. The second kappa shape index (κ2) is 3.85. The largest absolute Gasteiger partial charge is 0.308 e. The molecule has 0 aromatic carbocycles. The lowest BCUT2D eigenvalue weighted by Crippen LogP contribution is -2.28. The minimum absolute atomic E-state index is 0.383. The van der Waals surface area contributed by atoms with Gasteiger partial charge in [-0.15, -0.1) is 10.1 Å². The number of hydrogen-bond acceptors (Lipinski definition) is 5. The van der Waals surface area contributed by atoms with Gasteiger partial charge in [-0.05, 0) is 19.1 Å². The predicted octanol–water partition coefficient (Wildman–Crippen LogP) is -0.384. The summed E-state index contributed by atoms with van der Waals surface area (Å²) in [5.41, 5.74) is 0. The fourth-order valence-corrected chi connectivity index (χ4v) is 0.580. The first-order chi connectivity index (χ1) is 4.79. The van der Waals surface area contributed by atoms with Crippen LogP contribution in [0.4, 0.5) is 0 Å². The van der Waals surface area contributed by atoms with Crippen molar-refractivity contribution in [2.75, 3.05) is 33.9 Å². The zero-order chi connectivity index (χ0) is 7.40. The Morgan fingerprint density at radius 1 is 1.50 bits per heavy atom. The Kier molecular flexibility index (Phi) is 3.04. The fraction of sp³-hybridized carbons (Fsp3) is 1.00. The molecule has 0 amide bonds. The van der Waals surface area contributed by atoms with Crippen LogP contribution in [0.2, 0.25) is 0 Å². The standard InChI is InChI=1S/C5H12N2O3/c1-6(2)3-4-7-5-8-10-9-7/h3-5H2,1-2H3. The Bertz CT molecular complexity index is 92.9. The topological polar surface area (TPSA) is 34.2 Å². The van der Waals surface area contributed by atoms with Crippen LogP contribution < -0.4 is 0 Å². The lowest BCUT2D eigenvalue weighted by atomic mass is 10.6. The van der Waals surface area contributed by atoms with Gasteiger partial charge >= 0.3 is 0 Å². The number of hydrogen-bond donors (Lipinski definition) is 0. The van der Waals surface area contributed by atoms with Gasteiger partial charge in [-0.2, -0.15) is 4.89 Å². The first-order valence-corrected chi connectivity index (χ1v) is 3.15. The summed E-state index contributed by atoms with van der Waals surface area (Å²) in [4.78, 5) is 11.1. The monoisotopic (exact) mass is 148 g/mol. The van der Waals surface area contributed by atoms with E-state index in [1.54, 1.807) is 5.06 Å². The van der Waals surface area contributed by atoms with Crippen LogP contribution in [0.15, 0.2) is 0 Å². The van der Waals surface area contributed by atoms with E-state index in [-0.39, 0.29) is 0 Å². The maximum Gasteiger partial charge on any atom is 0.164 e. The smallest absolute Gasteiger partial charge is 0.164 e. The number of hydroxylamine groups is 2. The van der Waals surface area contributed by atoms with Crippen molar-refractivity contribution in [3.63, 3.8) is 0 Å². The molecule has 0 unspecified atom stereocenters. The highest BCUT2D eigenvalue weighted by molar-refractivity contribution is 4.45. The summed E-state index contributed by atoms with van der Waals surface area (Å²) < 4.78 is 0. The molecular weight excluding hydrogens is 136 g/mol. The minimum atomic E-state index is 0.383. The van der Waals surface area contributed by atoms with Gasteiger partial charge in [0, 0.05) is 13.1 Å². The van der Waals surface area contributed by atoms with Gasteiger partial charge in [-0.3, -0.25) is 0 Å². The Labute approximate surface area is 59.9 Å². The molecule has 1 aliphatic heterocycles. The average Bonchev–Trinajstić information content (AvgIpc) is 2.34. The Morgan fingerprint density at radius 2 is 2.30 bits per heavy atom. The molecule has 1 aliphatic rings. The third-order valence-corrected chi connectivity index (χ3v) is 1.18. The maximum absolute atomic E-state index is 4.59. The van der Waals surface area contributed by atoms with E-state index in [4.69, 9.17) is 0 Å². The molecular formula is C5H12N2O3. The van der Waals surface area contributed by atoms with E-state index >= 15 is 0 Å². The van der Waals surface area contributed by atoms with Crippen molar-refractivity contribution in [1.82, 2.24) is 9.96 Å². The second-order valence-corrected chi connectivity index (χ2v) is 2.40. The van der Waals surface area contributed by atoms with Crippen molar-refractivity contribution in [3.05, 3.63) is 0 Å². The molecule has 10 heavy (non-hydrogen) atoms. The van der Waals surface area contributed by atoms with Crippen LogP contribution >= 0.6 is 0 Å². The molecule has 0 aromatic rings. The van der Waals surface area contributed by atoms with Gasteiger partial charge in [-0.1, -0.05) is 0 Å². The maximum atomic E-state index is 4.59. The first kappa shape index (κ1) is 7.90. The van der Waals surface area contributed by atoms with E-state index in [2.05, 4.69) is 19.8 Å². The zero-order valence-corrected chi connectivity index (χ0v) is 6.24. The Hall–Kier alpha value is -0.200. The van der Waals surface area contributed by atoms with Gasteiger partial charge < -0.3 is 4.90 Å². The zero-order valence-electron chi connectivity index (χ0n) is 6.24. The number of nitrogens with zero attached hydrogens (tertiary/aromatic N) is 2. The van der Waals surface area contributed by atoms with Gasteiger partial charge in [0.2, 0.25) is 0 Å². The van der Waals surface area contributed by atoms with Crippen LogP contribution in [0.5, 0.6) is 0 Å². The number of likely N-dealkylation sites (N-methyl/N-ethyl adjacent to an activating group) is 1. The molecule has 0 N–H and O–H groups in total. The molecule has 0 bridgehead atoms. The van der Waals surface area contributed by atoms with E-state index in [1.165, 1.54) is 0 Å². The van der Waals surface area contributed by atoms with Crippen molar-refractivity contribution >= 4 is 0 Å². The number of rotatable bonds is 3. The van der Waals surface area contributed by atoms with E-state index in [1.807, 2.05) is 14.1 Å². The Balaban J connectivity index is 2.01. The van der Waals surface area contributed by atoms with E-state index < -0.39 is 0 Å². The molecule has 1 saturated heterocycles. The average molecular weight is 148 g/mol. The summed E-state index contributed by atoms with van der Waals surface area (Å²) in [5.74, 6) is 0. The third kappa shape index (κ3) is 2.59. The van der Waals surface area contributed by atoms with Crippen LogP contribution in [0.25, 0.3) is 0 Å². The van der Waals surface area contributed by atoms with Crippen LogP contribution in [0.1, 0.15) is 0 Å². The lowest BCUT2D eigenvalue weighted by Gasteiger charge is -2.12. The van der Waals surface area contributed by atoms with E-state index in [0.717, 1.165) is 13.1 Å². The van der Waals surface area contributed by atoms with Crippen molar-refractivity contribution in [1.29, 1.82) is 0 Å². The molecule has 60 valence electrons. The van der Waals surface area contributed by atoms with Gasteiger partial charge in [0.15, 0.2) is 6.73 Å². The summed E-state index contributed by atoms with van der Waals surface area (Å²) in [6.07, 6.45) is 0. The summed E-state index contributed by atoms with van der Waals surface area (Å²) in [6, 6.07) is 0. The SMILES string of the molecule is CN(C)CCN1COOO1. The van der Waals surface area contributed by atoms with Crippen LogP contribution in [-0.2, 0) is 14.9 Å². The highest BCUT2D eigenvalue weighted by Crippen LogP contribution is 2.01. The second-order valence-electron chi connectivity index (χ2n) is 2.40. The summed E-state index contributed by atoms with van der Waals surface area (Å²) in [7, 11) is 4.00. The normalized spacial score (nSPS) is 20.7. The molecule has 0 aromatic heterocycles. The van der Waals surface area contributed by atoms with Crippen molar-refractivity contribution in [2.45, 2.75) is 0 Å². The molecule has 0 aliphatic carbocycles. The highest BCUT2D eigenvalue weighted by atomic mass is 17.6. The molecule has 1 fully saturated rings. The van der Waals surface area contributed by atoms with E-state index in [0.29, 0.717) is 6.73 Å². The van der Waals surface area contributed by atoms with Gasteiger partial charge in [-0.25, -0.2) is 0 Å². The molecule has 0 atom stereocenters. The molecule has 1 heterocycles. The quantitative estimate of drug-likeness (QED) is 0.509. The van der Waals surface area contributed by atoms with Gasteiger partial charge in [0.25, 0.3) is 0 Å². The Morgan fingerprint density at radius 3 is 2.80 bits per heavy atom. The van der Waals surface area contributed by atoms with Crippen molar-refractivity contribution in [2.24, 2.45) is 0 Å². The van der Waals surface area contributed by atoms with Crippen molar-refractivity contribution in [3.8, 4) is 0 Å². The molecule has 5 nitrogen and oxygen atoms in total. The summed E-state index contributed by atoms with van der Waals surface area (Å²) in [5, 5.41) is 5.79. The van der Waals surface area contributed by atoms with Crippen LogP contribution in [0, 0.1) is 0 Å². The van der Waals surface area contributed by atoms with Gasteiger partial charge in [0.05, 0.1) is 0 Å². The first-order valence-electron chi connectivity index (χ1n) is 3.15. The van der Waals surface area contributed by atoms with Crippen molar-refractivity contribution < 1.29 is 14.9 Å². The predicted molar refractivity (Wildman–Crippen MR) is 33.4 cm³/mol. The summed E-state index contributed by atoms with van der Waals surface area (Å²) >= 11 is 0. The highest BCUT2D eigenvalue weighted by Gasteiger charge is 2.14. The molecule has 1 rings (SSSR count). The van der Waals surface area contributed by atoms with E-state index in [9.17, 15) is 0 Å². The van der Waals surface area contributed by atoms with Gasteiger partial charge in [0.1, 0.15) is 0 Å². The molecule has 0 saturated carbocycles.